The van der Waals surface area contributed by atoms with Gasteiger partial charge in [0.05, 0.1) is 17.2 Å². The average Bonchev–Trinajstić information content (AvgIpc) is 3.27. The van der Waals surface area contributed by atoms with Crippen molar-refractivity contribution in [3.63, 3.8) is 0 Å². The Balaban J connectivity index is 1.68. The minimum absolute atomic E-state index is 0.00142. The first-order valence-corrected chi connectivity index (χ1v) is 16.6. The molecule has 0 bridgehead atoms. The maximum absolute atomic E-state index is 14.9. The van der Waals surface area contributed by atoms with Gasteiger partial charge in [0.2, 0.25) is 10.0 Å². The minimum Gasteiger partial charge on any atom is -0.331 e. The molecule has 5 aromatic rings. The van der Waals surface area contributed by atoms with Crippen molar-refractivity contribution in [1.82, 2.24) is 18.6 Å². The van der Waals surface area contributed by atoms with Crippen molar-refractivity contribution >= 4 is 48.5 Å². The van der Waals surface area contributed by atoms with Gasteiger partial charge in [-0.2, -0.15) is 0 Å². The SMILES string of the molecule is CN(C)S(=O)(=O)Cc1cccc(S(=O)(=O)NC(=O)c2c(-c3ccc[nH]c3=O)c3cc(Cl)ccc3n2Cc2ccc(F)cc2F)c1. The molecule has 2 heterocycles. The second kappa shape index (κ2) is 12.2. The number of sulfonamides is 2. The summed E-state index contributed by atoms with van der Waals surface area (Å²) >= 11 is 6.29. The van der Waals surface area contributed by atoms with Crippen LogP contribution in [0.4, 0.5) is 8.78 Å². The van der Waals surface area contributed by atoms with Crippen LogP contribution in [-0.4, -0.2) is 50.7 Å². The summed E-state index contributed by atoms with van der Waals surface area (Å²) in [6.07, 6.45) is 1.37. The molecule has 0 aliphatic carbocycles. The quantitative estimate of drug-likeness (QED) is 0.236. The van der Waals surface area contributed by atoms with Crippen molar-refractivity contribution in [2.45, 2.75) is 17.2 Å². The lowest BCUT2D eigenvalue weighted by atomic mass is 10.0. The van der Waals surface area contributed by atoms with Gasteiger partial charge in [0, 0.05) is 59.0 Å². The molecule has 0 saturated carbocycles. The van der Waals surface area contributed by atoms with E-state index in [1.807, 2.05) is 4.72 Å². The Kier molecular flexibility index (Phi) is 8.68. The number of pyridine rings is 1. The van der Waals surface area contributed by atoms with Crippen LogP contribution in [0.25, 0.3) is 22.0 Å². The van der Waals surface area contributed by atoms with Crippen molar-refractivity contribution in [2.24, 2.45) is 0 Å². The van der Waals surface area contributed by atoms with Crippen molar-refractivity contribution in [3.8, 4) is 11.1 Å². The highest BCUT2D eigenvalue weighted by Crippen LogP contribution is 2.36. The van der Waals surface area contributed by atoms with E-state index in [1.54, 1.807) is 0 Å². The molecule has 0 saturated heterocycles. The maximum atomic E-state index is 14.9. The lowest BCUT2D eigenvalue weighted by Gasteiger charge is -2.15. The van der Waals surface area contributed by atoms with Crippen LogP contribution in [0.3, 0.4) is 0 Å². The standard InChI is InChI=1S/C30H25ClF2N4O6S2/c1-36(2)44(40,41)17-18-5-3-6-22(13-18)45(42,43)35-30(39)28-27(23-7-4-12-34-29(23)38)24-14-20(31)9-11-26(24)37(28)16-19-8-10-21(32)15-25(19)33/h3-15H,16-17H2,1-2H3,(H,34,38)(H,35,39). The number of fused-ring (bicyclic) bond motifs is 1. The second-order valence-corrected chi connectivity index (χ2v) is 14.5. The van der Waals surface area contributed by atoms with E-state index in [0.29, 0.717) is 17.0 Å². The Morgan fingerprint density at radius 2 is 1.73 bits per heavy atom. The first-order chi connectivity index (χ1) is 21.2. The third kappa shape index (κ3) is 6.54. The molecule has 0 fully saturated rings. The molecule has 0 radical (unpaired) electrons. The van der Waals surface area contributed by atoms with E-state index in [2.05, 4.69) is 4.98 Å². The lowest BCUT2D eigenvalue weighted by Crippen LogP contribution is -2.33. The van der Waals surface area contributed by atoms with Gasteiger partial charge in [-0.1, -0.05) is 29.8 Å². The Morgan fingerprint density at radius 3 is 2.42 bits per heavy atom. The molecule has 3 aromatic carbocycles. The molecule has 1 amide bonds. The summed E-state index contributed by atoms with van der Waals surface area (Å²) in [4.78, 5) is 29.2. The van der Waals surface area contributed by atoms with E-state index < -0.39 is 53.8 Å². The zero-order valence-electron chi connectivity index (χ0n) is 23.7. The predicted octanol–water partition coefficient (Wildman–Crippen LogP) is 4.49. The van der Waals surface area contributed by atoms with Crippen LogP contribution >= 0.6 is 11.6 Å². The molecule has 2 N–H and O–H groups in total. The van der Waals surface area contributed by atoms with Crippen LogP contribution in [-0.2, 0) is 32.3 Å². The molecule has 0 aliphatic rings. The van der Waals surface area contributed by atoms with E-state index >= 15 is 0 Å². The number of rotatable bonds is 9. The van der Waals surface area contributed by atoms with Gasteiger partial charge in [-0.05, 0) is 54.1 Å². The number of aromatic nitrogens is 2. The monoisotopic (exact) mass is 674 g/mol. The fourth-order valence-corrected chi connectivity index (χ4v) is 6.86. The number of halogens is 3. The molecule has 15 heteroatoms. The number of hydrogen-bond acceptors (Lipinski definition) is 6. The number of benzene rings is 3. The topological polar surface area (TPSA) is 138 Å². The molecule has 10 nitrogen and oxygen atoms in total. The number of nitrogens with one attached hydrogen (secondary N) is 2. The van der Waals surface area contributed by atoms with Crippen molar-refractivity contribution < 1.29 is 30.4 Å². The summed E-state index contributed by atoms with van der Waals surface area (Å²) in [5, 5.41) is 0.533. The van der Waals surface area contributed by atoms with Crippen LogP contribution in [0.2, 0.25) is 5.02 Å². The molecule has 2 aromatic heterocycles. The summed E-state index contributed by atoms with van der Waals surface area (Å²) in [6, 6.07) is 15.4. The van der Waals surface area contributed by atoms with E-state index in [4.69, 9.17) is 11.6 Å². The fourth-order valence-electron chi connectivity index (χ4n) is 4.81. The number of H-pyrrole nitrogens is 1. The molecule has 45 heavy (non-hydrogen) atoms. The van der Waals surface area contributed by atoms with Gasteiger partial charge >= 0.3 is 0 Å². The number of aromatic amines is 1. The van der Waals surface area contributed by atoms with Gasteiger partial charge in [-0.25, -0.2) is 34.6 Å². The van der Waals surface area contributed by atoms with Gasteiger partial charge < -0.3 is 9.55 Å². The van der Waals surface area contributed by atoms with Crippen LogP contribution < -0.4 is 10.3 Å². The van der Waals surface area contributed by atoms with Gasteiger partial charge in [0.25, 0.3) is 21.5 Å². The van der Waals surface area contributed by atoms with Crippen molar-refractivity contribution in [1.29, 1.82) is 0 Å². The Hall–Kier alpha value is -4.37. The molecular formula is C30H25ClF2N4O6S2. The number of nitrogens with zero attached hydrogens (tertiary/aromatic N) is 2. The predicted molar refractivity (Wildman–Crippen MR) is 166 cm³/mol. The summed E-state index contributed by atoms with van der Waals surface area (Å²) in [6.45, 7) is -0.352. The van der Waals surface area contributed by atoms with Crippen LogP contribution in [0.1, 0.15) is 21.6 Å². The summed E-state index contributed by atoms with van der Waals surface area (Å²) in [5.74, 6) is -3.39. The first kappa shape index (κ1) is 32.0. The largest absolute Gasteiger partial charge is 0.331 e. The van der Waals surface area contributed by atoms with Crippen molar-refractivity contribution in [2.75, 3.05) is 14.1 Å². The van der Waals surface area contributed by atoms with E-state index in [9.17, 15) is 35.2 Å². The van der Waals surface area contributed by atoms with Gasteiger partial charge in [-0.15, -0.1) is 0 Å². The highest BCUT2D eigenvalue weighted by Gasteiger charge is 2.30. The lowest BCUT2D eigenvalue weighted by molar-refractivity contribution is 0.0974. The Morgan fingerprint density at radius 1 is 0.978 bits per heavy atom. The third-order valence-corrected chi connectivity index (χ3v) is 10.4. The summed E-state index contributed by atoms with van der Waals surface area (Å²) in [7, 11) is -5.66. The zero-order chi connectivity index (χ0) is 32.7. The van der Waals surface area contributed by atoms with Crippen LogP contribution in [0, 0.1) is 11.6 Å². The van der Waals surface area contributed by atoms with Gasteiger partial charge in [0.15, 0.2) is 0 Å². The molecule has 5 rings (SSSR count). The highest BCUT2D eigenvalue weighted by atomic mass is 35.5. The minimum atomic E-state index is -4.62. The normalized spacial score (nSPS) is 12.1. The number of carbonyl (C=O) groups is 1. The Labute approximate surface area is 262 Å². The average molecular weight is 675 g/mol. The fraction of sp³-hybridized carbons (Fsp3) is 0.133. The van der Waals surface area contributed by atoms with Gasteiger partial charge in [-0.3, -0.25) is 9.59 Å². The Bertz CT molecular complexity index is 2250. The van der Waals surface area contributed by atoms with E-state index in [1.165, 1.54) is 79.5 Å². The molecular weight excluding hydrogens is 650 g/mol. The highest BCUT2D eigenvalue weighted by molar-refractivity contribution is 7.90. The summed E-state index contributed by atoms with van der Waals surface area (Å²) < 4.78 is 84.7. The third-order valence-electron chi connectivity index (χ3n) is 7.01. The second-order valence-electron chi connectivity index (χ2n) is 10.2. The molecule has 0 spiro atoms. The smallest absolute Gasteiger partial charge is 0.282 e. The van der Waals surface area contributed by atoms with Crippen LogP contribution in [0.5, 0.6) is 0 Å². The number of carbonyl (C=O) groups excluding carboxylic acids is 1. The molecule has 0 unspecified atom stereocenters. The van der Waals surface area contributed by atoms with E-state index in [-0.39, 0.29) is 39.5 Å². The molecule has 234 valence electrons. The number of amides is 1. The van der Waals surface area contributed by atoms with E-state index in [0.717, 1.165) is 16.4 Å². The number of hydrogen-bond donors (Lipinski definition) is 2. The van der Waals surface area contributed by atoms with Gasteiger partial charge in [0.1, 0.15) is 17.3 Å². The molecule has 0 aliphatic heterocycles. The zero-order valence-corrected chi connectivity index (χ0v) is 26.1. The first-order valence-electron chi connectivity index (χ1n) is 13.2. The maximum Gasteiger partial charge on any atom is 0.282 e. The molecule has 0 atom stereocenters. The van der Waals surface area contributed by atoms with Crippen LogP contribution in [0.15, 0.2) is 88.7 Å². The summed E-state index contributed by atoms with van der Waals surface area (Å²) in [5.41, 5.74) is -0.454. The van der Waals surface area contributed by atoms with Crippen molar-refractivity contribution in [3.05, 3.63) is 123 Å².